The normalized spacial score (nSPS) is 10.9. The molecular formula is C18H18N2O. The van der Waals surface area contributed by atoms with E-state index in [0.717, 1.165) is 35.8 Å². The second-order valence-corrected chi connectivity index (χ2v) is 5.25. The number of pyridine rings is 1. The first-order valence-corrected chi connectivity index (χ1v) is 7.17. The molecule has 3 nitrogen and oxygen atoms in total. The smallest absolute Gasteiger partial charge is 0.258 e. The van der Waals surface area contributed by atoms with Gasteiger partial charge in [-0.3, -0.25) is 4.79 Å². The lowest BCUT2D eigenvalue weighted by Crippen LogP contribution is -2.19. The molecule has 106 valence electrons. The van der Waals surface area contributed by atoms with Crippen LogP contribution < -0.4 is 11.3 Å². The molecule has 2 aromatic carbocycles. The molecule has 0 aliphatic carbocycles. The highest BCUT2D eigenvalue weighted by molar-refractivity contribution is 5.81. The number of hydrogen-bond acceptors (Lipinski definition) is 2. The highest BCUT2D eigenvalue weighted by atomic mass is 16.1. The van der Waals surface area contributed by atoms with E-state index in [-0.39, 0.29) is 5.56 Å². The number of benzene rings is 2. The van der Waals surface area contributed by atoms with Crippen molar-refractivity contribution in [3.8, 4) is 0 Å². The van der Waals surface area contributed by atoms with E-state index in [4.69, 9.17) is 5.73 Å². The first-order chi connectivity index (χ1) is 10.2. The highest BCUT2D eigenvalue weighted by Gasteiger charge is 2.02. The first kappa shape index (κ1) is 13.4. The molecule has 0 amide bonds. The molecule has 0 aliphatic heterocycles. The summed E-state index contributed by atoms with van der Waals surface area (Å²) >= 11 is 0. The minimum atomic E-state index is 0.0883. The molecule has 0 saturated heterocycles. The van der Waals surface area contributed by atoms with Crippen LogP contribution >= 0.6 is 0 Å². The van der Waals surface area contributed by atoms with E-state index in [9.17, 15) is 4.79 Å². The van der Waals surface area contributed by atoms with E-state index in [0.29, 0.717) is 0 Å². The van der Waals surface area contributed by atoms with Gasteiger partial charge in [-0.25, -0.2) is 0 Å². The average Bonchev–Trinajstić information content (AvgIpc) is 2.52. The predicted octanol–water partition coefficient (Wildman–Crippen LogP) is 3.22. The number of aryl methyl sites for hydroxylation is 2. The SMILES string of the molecule is Nc1ccc(CCCn2ccc3ccccc3c2=O)cc1. The fourth-order valence-corrected chi connectivity index (χ4v) is 2.54. The van der Waals surface area contributed by atoms with Crippen LogP contribution in [-0.4, -0.2) is 4.57 Å². The zero-order valence-corrected chi connectivity index (χ0v) is 11.8. The molecule has 21 heavy (non-hydrogen) atoms. The molecule has 0 aliphatic rings. The van der Waals surface area contributed by atoms with Gasteiger partial charge in [0.05, 0.1) is 0 Å². The molecule has 2 N–H and O–H groups in total. The van der Waals surface area contributed by atoms with Gasteiger partial charge in [0.15, 0.2) is 0 Å². The number of nitrogens with two attached hydrogens (primary N) is 1. The van der Waals surface area contributed by atoms with E-state index in [2.05, 4.69) is 0 Å². The van der Waals surface area contributed by atoms with Crippen LogP contribution in [0.5, 0.6) is 0 Å². The lowest BCUT2D eigenvalue weighted by Gasteiger charge is -2.07. The maximum Gasteiger partial charge on any atom is 0.258 e. The van der Waals surface area contributed by atoms with E-state index in [1.54, 1.807) is 4.57 Å². The summed E-state index contributed by atoms with van der Waals surface area (Å²) in [5, 5.41) is 1.78. The third-order valence-electron chi connectivity index (χ3n) is 3.73. The van der Waals surface area contributed by atoms with Crippen LogP contribution in [0.15, 0.2) is 65.6 Å². The zero-order chi connectivity index (χ0) is 14.7. The van der Waals surface area contributed by atoms with Crippen molar-refractivity contribution in [3.63, 3.8) is 0 Å². The van der Waals surface area contributed by atoms with Crippen LogP contribution in [0.3, 0.4) is 0 Å². The quantitative estimate of drug-likeness (QED) is 0.745. The molecule has 0 unspecified atom stereocenters. The molecule has 1 aromatic heterocycles. The second kappa shape index (κ2) is 5.83. The summed E-state index contributed by atoms with van der Waals surface area (Å²) in [7, 11) is 0. The van der Waals surface area contributed by atoms with Gasteiger partial charge in [-0.1, -0.05) is 30.3 Å². The van der Waals surface area contributed by atoms with Crippen molar-refractivity contribution in [1.29, 1.82) is 0 Å². The molecule has 0 saturated carbocycles. The Morgan fingerprint density at radius 2 is 1.71 bits per heavy atom. The Morgan fingerprint density at radius 1 is 0.952 bits per heavy atom. The van der Waals surface area contributed by atoms with Crippen molar-refractivity contribution in [2.24, 2.45) is 0 Å². The van der Waals surface area contributed by atoms with Crippen molar-refractivity contribution in [1.82, 2.24) is 4.57 Å². The van der Waals surface area contributed by atoms with E-state index < -0.39 is 0 Å². The number of aromatic nitrogens is 1. The van der Waals surface area contributed by atoms with Gasteiger partial charge in [-0.2, -0.15) is 0 Å². The monoisotopic (exact) mass is 278 g/mol. The number of hydrogen-bond donors (Lipinski definition) is 1. The van der Waals surface area contributed by atoms with Gasteiger partial charge in [0.25, 0.3) is 5.56 Å². The molecule has 3 heteroatoms. The van der Waals surface area contributed by atoms with E-state index in [1.165, 1.54) is 5.56 Å². The number of anilines is 1. The van der Waals surface area contributed by atoms with Crippen LogP contribution in [0, 0.1) is 0 Å². The lowest BCUT2D eigenvalue weighted by molar-refractivity contribution is 0.626. The average molecular weight is 278 g/mol. The van der Waals surface area contributed by atoms with Crippen molar-refractivity contribution >= 4 is 16.5 Å². The third kappa shape index (κ3) is 2.97. The summed E-state index contributed by atoms with van der Waals surface area (Å²) in [6.45, 7) is 0.730. The van der Waals surface area contributed by atoms with Gasteiger partial charge in [0.2, 0.25) is 0 Å². The molecule has 1 heterocycles. The molecule has 0 atom stereocenters. The minimum absolute atomic E-state index is 0.0883. The highest BCUT2D eigenvalue weighted by Crippen LogP contribution is 2.10. The molecule has 3 aromatic rings. The van der Waals surface area contributed by atoms with Gasteiger partial charge >= 0.3 is 0 Å². The third-order valence-corrected chi connectivity index (χ3v) is 3.73. The summed E-state index contributed by atoms with van der Waals surface area (Å²) in [6, 6.07) is 17.6. The number of nitrogens with zero attached hydrogens (tertiary/aromatic N) is 1. The summed E-state index contributed by atoms with van der Waals surface area (Å²) in [4.78, 5) is 12.4. The Kier molecular flexibility index (Phi) is 3.73. The standard InChI is InChI=1S/C18H18N2O/c19-16-9-7-14(8-10-16)4-3-12-20-13-11-15-5-1-2-6-17(15)18(20)21/h1-2,5-11,13H,3-4,12,19H2. The van der Waals surface area contributed by atoms with E-state index >= 15 is 0 Å². The Bertz CT molecular complexity index is 803. The van der Waals surface area contributed by atoms with Crippen molar-refractivity contribution in [3.05, 3.63) is 76.7 Å². The van der Waals surface area contributed by atoms with Gasteiger partial charge in [-0.15, -0.1) is 0 Å². The topological polar surface area (TPSA) is 48.0 Å². The van der Waals surface area contributed by atoms with Crippen LogP contribution in [0.25, 0.3) is 10.8 Å². The fraction of sp³-hybridized carbons (Fsp3) is 0.167. The Morgan fingerprint density at radius 3 is 2.52 bits per heavy atom. The number of rotatable bonds is 4. The number of nitrogen functional groups attached to an aromatic ring is 1. The molecule has 0 spiro atoms. The van der Waals surface area contributed by atoms with Crippen LogP contribution in [-0.2, 0) is 13.0 Å². The van der Waals surface area contributed by atoms with Crippen molar-refractivity contribution in [2.75, 3.05) is 5.73 Å². The van der Waals surface area contributed by atoms with Gasteiger partial charge in [-0.05, 0) is 48.1 Å². The van der Waals surface area contributed by atoms with Crippen molar-refractivity contribution in [2.45, 2.75) is 19.4 Å². The molecule has 0 radical (unpaired) electrons. The molecule has 3 rings (SSSR count). The minimum Gasteiger partial charge on any atom is -0.399 e. The van der Waals surface area contributed by atoms with E-state index in [1.807, 2.05) is 60.8 Å². The summed E-state index contributed by atoms with van der Waals surface area (Å²) in [5.74, 6) is 0. The lowest BCUT2D eigenvalue weighted by atomic mass is 10.1. The predicted molar refractivity (Wildman–Crippen MR) is 87.4 cm³/mol. The van der Waals surface area contributed by atoms with Crippen LogP contribution in [0.2, 0.25) is 0 Å². The fourth-order valence-electron chi connectivity index (χ4n) is 2.54. The summed E-state index contributed by atoms with van der Waals surface area (Å²) < 4.78 is 1.79. The maximum absolute atomic E-state index is 12.4. The first-order valence-electron chi connectivity index (χ1n) is 7.17. The molecule has 0 bridgehead atoms. The molecular weight excluding hydrogens is 260 g/mol. The Labute approximate surface area is 123 Å². The van der Waals surface area contributed by atoms with Gasteiger partial charge in [0, 0.05) is 23.8 Å². The maximum atomic E-state index is 12.4. The largest absolute Gasteiger partial charge is 0.399 e. The summed E-state index contributed by atoms with van der Waals surface area (Å²) in [5.41, 5.74) is 7.79. The summed E-state index contributed by atoms with van der Waals surface area (Å²) in [6.07, 6.45) is 3.76. The van der Waals surface area contributed by atoms with Gasteiger partial charge < -0.3 is 10.3 Å². The molecule has 0 fully saturated rings. The number of fused-ring (bicyclic) bond motifs is 1. The van der Waals surface area contributed by atoms with Crippen LogP contribution in [0.4, 0.5) is 5.69 Å². The Balaban J connectivity index is 1.72. The van der Waals surface area contributed by atoms with Gasteiger partial charge in [0.1, 0.15) is 0 Å². The van der Waals surface area contributed by atoms with Crippen LogP contribution in [0.1, 0.15) is 12.0 Å². The zero-order valence-electron chi connectivity index (χ0n) is 11.8. The van der Waals surface area contributed by atoms with Crippen molar-refractivity contribution < 1.29 is 0 Å². The second-order valence-electron chi connectivity index (χ2n) is 5.25. The Hall–Kier alpha value is -2.55.